The van der Waals surface area contributed by atoms with Crippen LogP contribution in [0.1, 0.15) is 0 Å². The first-order valence-corrected chi connectivity index (χ1v) is 22.0. The van der Waals surface area contributed by atoms with Gasteiger partial charge in [-0.3, -0.25) is 4.57 Å². The van der Waals surface area contributed by atoms with Crippen LogP contribution in [0.5, 0.6) is 0 Å². The van der Waals surface area contributed by atoms with Gasteiger partial charge in [0.05, 0.1) is 22.1 Å². The average molecular weight is 822 g/mol. The molecule has 0 saturated heterocycles. The Balaban J connectivity index is 1.11. The Morgan fingerprint density at radius 2 is 0.857 bits per heavy atom. The monoisotopic (exact) mass is 821 g/mol. The number of fused-ring (bicyclic) bond motifs is 10. The van der Waals surface area contributed by atoms with Gasteiger partial charge in [0.2, 0.25) is 5.95 Å². The fourth-order valence-electron chi connectivity index (χ4n) is 9.57. The predicted molar refractivity (Wildman–Crippen MR) is 263 cm³/mol. The van der Waals surface area contributed by atoms with Crippen molar-refractivity contribution in [1.82, 2.24) is 24.1 Å². The maximum atomic E-state index is 5.49. The Morgan fingerprint density at radius 3 is 1.60 bits per heavy atom. The van der Waals surface area contributed by atoms with Crippen LogP contribution >= 0.6 is 11.3 Å². The number of benzene rings is 9. The van der Waals surface area contributed by atoms with Crippen molar-refractivity contribution in [2.45, 2.75) is 0 Å². The Kier molecular flexibility index (Phi) is 8.01. The fraction of sp³-hybridized carbons (Fsp3) is 0. The number of hydrogen-bond acceptors (Lipinski definition) is 4. The molecule has 0 atom stereocenters. The van der Waals surface area contributed by atoms with Crippen LogP contribution in [0.25, 0.3) is 120 Å². The molecule has 0 aliphatic heterocycles. The largest absolute Gasteiger partial charge is 0.307 e. The Hall–Kier alpha value is -8.19. The van der Waals surface area contributed by atoms with E-state index < -0.39 is 0 Å². The van der Waals surface area contributed by atoms with E-state index in [1.165, 1.54) is 31.3 Å². The van der Waals surface area contributed by atoms with Crippen LogP contribution in [0.15, 0.2) is 212 Å². The van der Waals surface area contributed by atoms with Crippen LogP contribution in [-0.2, 0) is 0 Å². The van der Waals surface area contributed by atoms with Crippen molar-refractivity contribution in [2.75, 3.05) is 0 Å². The standard InChI is InChI=1S/C57H35N5S/c1-3-16-36(17-4-1)38-20-13-21-39(34-38)40-22-14-23-41(35-40)61-48-28-10-7-24-42(48)44-32-33-45-43-25-8-11-29-49(43)62(54(45)53(44)61)57-59-55(37-18-5-2-6-19-37)58-56(60-57)47-27-15-31-51-52(47)46-26-9-12-30-50(46)63-51/h1-35H. The second-order valence-corrected chi connectivity index (χ2v) is 17.1. The molecule has 6 heteroatoms. The summed E-state index contributed by atoms with van der Waals surface area (Å²) in [7, 11) is 0. The first-order valence-electron chi connectivity index (χ1n) is 21.2. The summed E-state index contributed by atoms with van der Waals surface area (Å²) >= 11 is 1.80. The summed E-state index contributed by atoms with van der Waals surface area (Å²) in [6.45, 7) is 0. The summed E-state index contributed by atoms with van der Waals surface area (Å²) in [6, 6.07) is 75.6. The molecule has 13 rings (SSSR count). The minimum absolute atomic E-state index is 0.567. The van der Waals surface area contributed by atoms with E-state index in [0.717, 1.165) is 71.6 Å². The molecule has 0 fully saturated rings. The number of aromatic nitrogens is 5. The van der Waals surface area contributed by atoms with Crippen molar-refractivity contribution in [1.29, 1.82) is 0 Å². The van der Waals surface area contributed by atoms with Crippen LogP contribution in [-0.4, -0.2) is 24.1 Å². The van der Waals surface area contributed by atoms with Crippen LogP contribution in [0.3, 0.4) is 0 Å². The molecule has 63 heavy (non-hydrogen) atoms. The summed E-state index contributed by atoms with van der Waals surface area (Å²) in [6.07, 6.45) is 0. The van der Waals surface area contributed by atoms with E-state index >= 15 is 0 Å². The molecule has 0 amide bonds. The van der Waals surface area contributed by atoms with Crippen molar-refractivity contribution >= 4 is 75.1 Å². The highest BCUT2D eigenvalue weighted by Gasteiger charge is 2.24. The lowest BCUT2D eigenvalue weighted by Gasteiger charge is -2.14. The van der Waals surface area contributed by atoms with Gasteiger partial charge >= 0.3 is 0 Å². The summed E-state index contributed by atoms with van der Waals surface area (Å²) < 4.78 is 7.15. The quantitative estimate of drug-likeness (QED) is 0.168. The number of thiophene rings is 1. The highest BCUT2D eigenvalue weighted by Crippen LogP contribution is 2.43. The second kappa shape index (κ2) is 14.2. The molecular formula is C57H35N5S. The molecule has 0 N–H and O–H groups in total. The van der Waals surface area contributed by atoms with Crippen LogP contribution in [0.4, 0.5) is 0 Å². The van der Waals surface area contributed by atoms with Gasteiger partial charge in [0, 0.05) is 58.5 Å². The van der Waals surface area contributed by atoms with Gasteiger partial charge in [0.15, 0.2) is 11.6 Å². The molecule has 9 aromatic carbocycles. The first kappa shape index (κ1) is 35.6. The second-order valence-electron chi connectivity index (χ2n) is 16.0. The Bertz CT molecular complexity index is 3920. The Morgan fingerprint density at radius 1 is 0.333 bits per heavy atom. The zero-order valence-electron chi connectivity index (χ0n) is 33.9. The molecule has 294 valence electrons. The molecular weight excluding hydrogens is 787 g/mol. The molecule has 4 heterocycles. The number of nitrogens with zero attached hydrogens (tertiary/aromatic N) is 5. The molecule has 0 unspecified atom stereocenters. The smallest absolute Gasteiger partial charge is 0.238 e. The molecule has 4 aromatic heterocycles. The molecule has 0 spiro atoms. The Labute approximate surface area is 366 Å². The summed E-state index contributed by atoms with van der Waals surface area (Å²) in [5.74, 6) is 1.82. The van der Waals surface area contributed by atoms with E-state index in [1.807, 2.05) is 18.2 Å². The predicted octanol–water partition coefficient (Wildman–Crippen LogP) is 15.1. The van der Waals surface area contributed by atoms with Crippen molar-refractivity contribution < 1.29 is 0 Å². The lowest BCUT2D eigenvalue weighted by atomic mass is 9.99. The highest BCUT2D eigenvalue weighted by atomic mass is 32.1. The van der Waals surface area contributed by atoms with E-state index in [2.05, 4.69) is 203 Å². The van der Waals surface area contributed by atoms with Gasteiger partial charge in [-0.05, 0) is 64.7 Å². The van der Waals surface area contributed by atoms with Gasteiger partial charge in [-0.15, -0.1) is 11.3 Å². The first-order chi connectivity index (χ1) is 31.2. The van der Waals surface area contributed by atoms with Crippen LogP contribution < -0.4 is 0 Å². The molecule has 0 radical (unpaired) electrons. The van der Waals surface area contributed by atoms with Gasteiger partial charge in [-0.25, -0.2) is 4.98 Å². The minimum Gasteiger partial charge on any atom is -0.307 e. The lowest BCUT2D eigenvalue weighted by molar-refractivity contribution is 0.954. The van der Waals surface area contributed by atoms with Crippen molar-refractivity contribution in [3.05, 3.63) is 212 Å². The van der Waals surface area contributed by atoms with Crippen molar-refractivity contribution in [2.24, 2.45) is 0 Å². The number of hydrogen-bond donors (Lipinski definition) is 0. The third kappa shape index (κ3) is 5.66. The van der Waals surface area contributed by atoms with Gasteiger partial charge < -0.3 is 4.57 Å². The molecule has 13 aromatic rings. The number of para-hydroxylation sites is 2. The van der Waals surface area contributed by atoms with Gasteiger partial charge in [0.1, 0.15) is 0 Å². The van der Waals surface area contributed by atoms with E-state index in [1.54, 1.807) is 11.3 Å². The zero-order chi connectivity index (χ0) is 41.4. The SMILES string of the molecule is c1ccc(-c2cccc(-c3cccc(-n4c5ccccc5c5ccc6c7ccccc7n(-c7nc(-c8ccccc8)nc(-c8cccc9sc%10ccccc%10c89)n7)c6c54)c3)c2)cc1. The van der Waals surface area contributed by atoms with Gasteiger partial charge in [-0.1, -0.05) is 170 Å². The molecule has 0 aliphatic rings. The zero-order valence-corrected chi connectivity index (χ0v) is 34.7. The summed E-state index contributed by atoms with van der Waals surface area (Å²) in [4.78, 5) is 16.2. The molecule has 0 bridgehead atoms. The molecule has 0 aliphatic carbocycles. The third-order valence-electron chi connectivity index (χ3n) is 12.4. The average Bonchev–Trinajstić information content (AvgIpc) is 4.02. The maximum Gasteiger partial charge on any atom is 0.238 e. The van der Waals surface area contributed by atoms with Crippen molar-refractivity contribution in [3.8, 4) is 56.7 Å². The van der Waals surface area contributed by atoms with E-state index in [-0.39, 0.29) is 0 Å². The fourth-order valence-corrected chi connectivity index (χ4v) is 10.7. The van der Waals surface area contributed by atoms with Crippen LogP contribution in [0, 0.1) is 0 Å². The maximum absolute atomic E-state index is 5.49. The summed E-state index contributed by atoms with van der Waals surface area (Å²) in [5.41, 5.74) is 12.0. The van der Waals surface area contributed by atoms with E-state index in [4.69, 9.17) is 15.0 Å². The highest BCUT2D eigenvalue weighted by molar-refractivity contribution is 7.25. The van der Waals surface area contributed by atoms with Gasteiger partial charge in [0.25, 0.3) is 0 Å². The molecule has 0 saturated carbocycles. The topological polar surface area (TPSA) is 48.5 Å². The number of rotatable bonds is 6. The van der Waals surface area contributed by atoms with Crippen molar-refractivity contribution in [3.63, 3.8) is 0 Å². The van der Waals surface area contributed by atoms with E-state index in [9.17, 15) is 0 Å². The lowest BCUT2D eigenvalue weighted by Crippen LogP contribution is -2.07. The minimum atomic E-state index is 0.567. The van der Waals surface area contributed by atoms with Crippen LogP contribution in [0.2, 0.25) is 0 Å². The molecule has 5 nitrogen and oxygen atoms in total. The normalized spacial score (nSPS) is 11.8. The van der Waals surface area contributed by atoms with E-state index in [0.29, 0.717) is 17.6 Å². The summed E-state index contributed by atoms with van der Waals surface area (Å²) in [5, 5.41) is 6.96. The third-order valence-corrected chi connectivity index (χ3v) is 13.5. The van der Waals surface area contributed by atoms with Gasteiger partial charge in [-0.2, -0.15) is 9.97 Å².